The van der Waals surface area contributed by atoms with Crippen LogP contribution in [-0.2, 0) is 4.57 Å². The van der Waals surface area contributed by atoms with Crippen molar-refractivity contribution in [3.63, 3.8) is 0 Å². The standard InChI is InChI=1S/C13H13O2P/c1-2-10-16(14,15)13-9-5-7-11-6-3-4-8-12(11)13/h2-9H,1,10H2,(H,14,15). The van der Waals surface area contributed by atoms with Crippen LogP contribution in [0.5, 0.6) is 0 Å². The van der Waals surface area contributed by atoms with E-state index in [4.69, 9.17) is 0 Å². The van der Waals surface area contributed by atoms with Crippen LogP contribution in [0.4, 0.5) is 0 Å². The molecule has 0 aliphatic heterocycles. The highest BCUT2D eigenvalue weighted by Gasteiger charge is 2.21. The van der Waals surface area contributed by atoms with Gasteiger partial charge in [0, 0.05) is 11.5 Å². The molecule has 2 aromatic carbocycles. The molecule has 0 aromatic heterocycles. The number of hydrogen-bond donors (Lipinski definition) is 1. The average Bonchev–Trinajstić information content (AvgIpc) is 2.28. The molecule has 0 aliphatic rings. The van der Waals surface area contributed by atoms with E-state index in [1.165, 1.54) is 6.08 Å². The Morgan fingerprint density at radius 2 is 1.88 bits per heavy atom. The summed E-state index contributed by atoms with van der Waals surface area (Å²) in [5.41, 5.74) is 0. The van der Waals surface area contributed by atoms with Crippen LogP contribution in [0.2, 0.25) is 0 Å². The highest BCUT2D eigenvalue weighted by Crippen LogP contribution is 2.41. The van der Waals surface area contributed by atoms with E-state index in [2.05, 4.69) is 6.58 Å². The van der Waals surface area contributed by atoms with Crippen molar-refractivity contribution in [3.05, 3.63) is 55.1 Å². The summed E-state index contributed by atoms with van der Waals surface area (Å²) in [4.78, 5) is 9.97. The summed E-state index contributed by atoms with van der Waals surface area (Å²) in [6, 6.07) is 13.1. The van der Waals surface area contributed by atoms with Crippen molar-refractivity contribution in [2.45, 2.75) is 0 Å². The molecular formula is C13H13O2P. The van der Waals surface area contributed by atoms with E-state index in [-0.39, 0.29) is 6.16 Å². The van der Waals surface area contributed by atoms with Crippen molar-refractivity contribution >= 4 is 23.4 Å². The van der Waals surface area contributed by atoms with E-state index in [9.17, 15) is 9.46 Å². The first-order valence-electron chi connectivity index (χ1n) is 5.06. The molecule has 0 heterocycles. The molecule has 3 heteroatoms. The minimum absolute atomic E-state index is 0.112. The Balaban J connectivity index is 2.69. The largest absolute Gasteiger partial charge is 0.341 e. The van der Waals surface area contributed by atoms with Crippen LogP contribution < -0.4 is 5.30 Å². The number of fused-ring (bicyclic) bond motifs is 1. The van der Waals surface area contributed by atoms with Gasteiger partial charge in [-0.1, -0.05) is 42.5 Å². The van der Waals surface area contributed by atoms with Gasteiger partial charge >= 0.3 is 0 Å². The molecule has 82 valence electrons. The van der Waals surface area contributed by atoms with Crippen molar-refractivity contribution in [2.75, 3.05) is 6.16 Å². The Labute approximate surface area is 94.7 Å². The van der Waals surface area contributed by atoms with E-state index < -0.39 is 7.37 Å². The molecule has 2 rings (SSSR count). The second-order valence-electron chi connectivity index (χ2n) is 3.67. The highest BCUT2D eigenvalue weighted by atomic mass is 31.2. The molecule has 2 nitrogen and oxygen atoms in total. The second-order valence-corrected chi connectivity index (χ2v) is 5.92. The van der Waals surface area contributed by atoms with Crippen molar-refractivity contribution in [3.8, 4) is 0 Å². The maximum absolute atomic E-state index is 12.1. The number of rotatable bonds is 3. The summed E-state index contributed by atoms with van der Waals surface area (Å²) in [7, 11) is -3.31. The highest BCUT2D eigenvalue weighted by molar-refractivity contribution is 7.66. The van der Waals surface area contributed by atoms with Crippen LogP contribution in [0.15, 0.2) is 55.1 Å². The minimum atomic E-state index is -3.31. The summed E-state index contributed by atoms with van der Waals surface area (Å²) >= 11 is 0. The first-order chi connectivity index (χ1) is 7.65. The fourth-order valence-corrected chi connectivity index (χ4v) is 3.23. The number of hydrogen-bond acceptors (Lipinski definition) is 1. The summed E-state index contributed by atoms with van der Waals surface area (Å²) in [6.07, 6.45) is 1.60. The molecule has 0 bridgehead atoms. The fourth-order valence-electron chi connectivity index (χ4n) is 1.79. The van der Waals surface area contributed by atoms with Gasteiger partial charge in [-0.2, -0.15) is 0 Å². The lowest BCUT2D eigenvalue weighted by Gasteiger charge is -2.12. The first kappa shape index (κ1) is 11.1. The van der Waals surface area contributed by atoms with Gasteiger partial charge in [-0.05, 0) is 16.8 Å². The molecule has 16 heavy (non-hydrogen) atoms. The lowest BCUT2D eigenvalue weighted by molar-refractivity contribution is 0.493. The summed E-state index contributed by atoms with van der Waals surface area (Å²) < 4.78 is 12.1. The SMILES string of the molecule is C=CCP(=O)(O)c1cccc2ccccc12. The Kier molecular flexibility index (Phi) is 2.95. The fraction of sp³-hybridized carbons (Fsp3) is 0.0769. The average molecular weight is 232 g/mol. The zero-order chi connectivity index (χ0) is 11.6. The van der Waals surface area contributed by atoms with Gasteiger partial charge in [0.1, 0.15) is 0 Å². The number of allylic oxidation sites excluding steroid dienone is 1. The van der Waals surface area contributed by atoms with Gasteiger partial charge < -0.3 is 4.89 Å². The molecule has 1 atom stereocenters. The predicted octanol–water partition coefficient (Wildman–Crippen LogP) is 2.92. The lowest BCUT2D eigenvalue weighted by atomic mass is 10.1. The molecule has 0 amide bonds. The third-order valence-electron chi connectivity index (χ3n) is 2.52. The van der Waals surface area contributed by atoms with Gasteiger partial charge in [0.05, 0.1) is 0 Å². The molecule has 0 saturated carbocycles. The topological polar surface area (TPSA) is 37.3 Å². The van der Waals surface area contributed by atoms with E-state index in [0.29, 0.717) is 5.30 Å². The zero-order valence-corrected chi connectivity index (χ0v) is 9.73. The van der Waals surface area contributed by atoms with Crippen LogP contribution >= 0.6 is 7.37 Å². The van der Waals surface area contributed by atoms with Gasteiger partial charge in [0.2, 0.25) is 7.37 Å². The molecule has 0 fully saturated rings. The van der Waals surface area contributed by atoms with Crippen molar-refractivity contribution in [1.82, 2.24) is 0 Å². The van der Waals surface area contributed by atoms with E-state index in [1.54, 1.807) is 6.07 Å². The molecule has 0 aliphatic carbocycles. The summed E-state index contributed by atoms with van der Waals surface area (Å²) in [6.45, 7) is 3.52. The Hall–Kier alpha value is -1.37. The van der Waals surface area contributed by atoms with Gasteiger partial charge in [0.15, 0.2) is 0 Å². The van der Waals surface area contributed by atoms with Crippen molar-refractivity contribution < 1.29 is 9.46 Å². The Morgan fingerprint density at radius 3 is 2.62 bits per heavy atom. The maximum Gasteiger partial charge on any atom is 0.233 e. The maximum atomic E-state index is 12.1. The monoisotopic (exact) mass is 232 g/mol. The van der Waals surface area contributed by atoms with Crippen LogP contribution in [0, 0.1) is 0 Å². The molecule has 1 N–H and O–H groups in total. The summed E-state index contributed by atoms with van der Waals surface area (Å²) in [5, 5.41) is 2.35. The zero-order valence-electron chi connectivity index (χ0n) is 8.84. The smallest absolute Gasteiger partial charge is 0.233 e. The second kappa shape index (κ2) is 4.25. The van der Waals surface area contributed by atoms with E-state index >= 15 is 0 Å². The van der Waals surface area contributed by atoms with Crippen molar-refractivity contribution in [2.24, 2.45) is 0 Å². The third-order valence-corrected chi connectivity index (χ3v) is 4.42. The molecular weight excluding hydrogens is 219 g/mol. The van der Waals surface area contributed by atoms with Gasteiger partial charge in [-0.3, -0.25) is 4.57 Å². The van der Waals surface area contributed by atoms with Crippen LogP contribution in [0.3, 0.4) is 0 Å². The van der Waals surface area contributed by atoms with Gasteiger partial charge in [-0.15, -0.1) is 6.58 Å². The van der Waals surface area contributed by atoms with E-state index in [0.717, 1.165) is 10.8 Å². The van der Waals surface area contributed by atoms with Gasteiger partial charge in [0.25, 0.3) is 0 Å². The molecule has 1 unspecified atom stereocenters. The van der Waals surface area contributed by atoms with Crippen LogP contribution in [0.1, 0.15) is 0 Å². The molecule has 2 aromatic rings. The third kappa shape index (κ3) is 1.95. The Morgan fingerprint density at radius 1 is 1.19 bits per heavy atom. The molecule has 0 radical (unpaired) electrons. The predicted molar refractivity (Wildman–Crippen MR) is 68.5 cm³/mol. The van der Waals surface area contributed by atoms with Crippen LogP contribution in [-0.4, -0.2) is 11.1 Å². The summed E-state index contributed by atoms with van der Waals surface area (Å²) in [5.74, 6) is 0. The first-order valence-corrected chi connectivity index (χ1v) is 6.91. The molecule has 0 saturated heterocycles. The normalized spacial score (nSPS) is 14.6. The van der Waals surface area contributed by atoms with Gasteiger partial charge in [-0.25, -0.2) is 0 Å². The van der Waals surface area contributed by atoms with Crippen molar-refractivity contribution in [1.29, 1.82) is 0 Å². The number of benzene rings is 2. The quantitative estimate of drug-likeness (QED) is 0.652. The lowest BCUT2D eigenvalue weighted by Crippen LogP contribution is -2.07. The Bertz CT molecular complexity index is 570. The van der Waals surface area contributed by atoms with E-state index in [1.807, 2.05) is 36.4 Å². The minimum Gasteiger partial charge on any atom is -0.341 e. The van der Waals surface area contributed by atoms with Crippen LogP contribution in [0.25, 0.3) is 10.8 Å². The molecule has 0 spiro atoms.